The second-order valence-corrected chi connectivity index (χ2v) is 3.96. The molecule has 1 aromatic rings. The van der Waals surface area contributed by atoms with Gasteiger partial charge in [-0.05, 0) is 33.0 Å². The maximum absolute atomic E-state index is 5.76. The van der Waals surface area contributed by atoms with E-state index in [0.29, 0.717) is 18.3 Å². The number of nitrogen functional groups attached to an aromatic ring is 1. The highest BCUT2D eigenvalue weighted by Gasteiger charge is 2.03. The third kappa shape index (κ3) is 3.80. The molecule has 3 heteroatoms. The molecule has 2 N–H and O–H groups in total. The van der Waals surface area contributed by atoms with Crippen LogP contribution in [0.15, 0.2) is 24.3 Å². The van der Waals surface area contributed by atoms with Gasteiger partial charge in [-0.2, -0.15) is 0 Å². The van der Waals surface area contributed by atoms with Crippen LogP contribution in [0.2, 0.25) is 0 Å². The summed E-state index contributed by atoms with van der Waals surface area (Å²) in [7, 11) is 2.09. The van der Waals surface area contributed by atoms with E-state index < -0.39 is 0 Å². The van der Waals surface area contributed by atoms with Crippen molar-refractivity contribution in [1.82, 2.24) is 4.90 Å². The largest absolute Gasteiger partial charge is 0.490 e. The Morgan fingerprint density at radius 2 is 2.00 bits per heavy atom. The van der Waals surface area contributed by atoms with Gasteiger partial charge < -0.3 is 15.4 Å². The predicted molar refractivity (Wildman–Crippen MR) is 64.1 cm³/mol. The van der Waals surface area contributed by atoms with E-state index in [1.165, 1.54) is 0 Å². The highest BCUT2D eigenvalue weighted by molar-refractivity contribution is 5.51. The molecule has 0 saturated carbocycles. The average molecular weight is 208 g/mol. The number of nitrogens with zero attached hydrogens (tertiary/aromatic N) is 1. The van der Waals surface area contributed by atoms with Crippen LogP contribution in [0.4, 0.5) is 5.69 Å². The SMILES string of the molecule is CC(C)N(C)CCOc1ccccc1N. The van der Waals surface area contributed by atoms with Gasteiger partial charge in [-0.1, -0.05) is 12.1 Å². The van der Waals surface area contributed by atoms with Crippen LogP contribution in [0, 0.1) is 0 Å². The Morgan fingerprint density at radius 1 is 1.33 bits per heavy atom. The first-order chi connectivity index (χ1) is 7.11. The fourth-order valence-corrected chi connectivity index (χ4v) is 1.17. The standard InChI is InChI=1S/C12H20N2O/c1-10(2)14(3)8-9-15-12-7-5-4-6-11(12)13/h4-7,10H,8-9,13H2,1-3H3. The summed E-state index contributed by atoms with van der Waals surface area (Å²) in [6.45, 7) is 5.91. The van der Waals surface area contributed by atoms with Crippen LogP contribution >= 0.6 is 0 Å². The molecule has 0 radical (unpaired) electrons. The minimum atomic E-state index is 0.543. The van der Waals surface area contributed by atoms with E-state index in [0.717, 1.165) is 12.3 Å². The summed E-state index contributed by atoms with van der Waals surface area (Å²) in [6.07, 6.45) is 0. The van der Waals surface area contributed by atoms with Crippen molar-refractivity contribution in [3.8, 4) is 5.75 Å². The van der Waals surface area contributed by atoms with Crippen LogP contribution in [0.3, 0.4) is 0 Å². The molecule has 0 aliphatic carbocycles. The number of para-hydroxylation sites is 2. The van der Waals surface area contributed by atoms with Crippen molar-refractivity contribution >= 4 is 5.69 Å². The summed E-state index contributed by atoms with van der Waals surface area (Å²) >= 11 is 0. The molecule has 0 saturated heterocycles. The Balaban J connectivity index is 2.35. The van der Waals surface area contributed by atoms with Gasteiger partial charge in [0.25, 0.3) is 0 Å². The highest BCUT2D eigenvalue weighted by atomic mass is 16.5. The van der Waals surface area contributed by atoms with E-state index >= 15 is 0 Å². The molecule has 3 nitrogen and oxygen atoms in total. The summed E-state index contributed by atoms with van der Waals surface area (Å²) < 4.78 is 5.59. The van der Waals surface area contributed by atoms with Gasteiger partial charge in [0.2, 0.25) is 0 Å². The van der Waals surface area contributed by atoms with Crippen molar-refractivity contribution in [1.29, 1.82) is 0 Å². The van der Waals surface area contributed by atoms with Gasteiger partial charge in [-0.25, -0.2) is 0 Å². The van der Waals surface area contributed by atoms with Crippen LogP contribution in [-0.2, 0) is 0 Å². The molecular formula is C12H20N2O. The lowest BCUT2D eigenvalue weighted by Crippen LogP contribution is -2.30. The van der Waals surface area contributed by atoms with E-state index in [9.17, 15) is 0 Å². The number of hydrogen-bond acceptors (Lipinski definition) is 3. The van der Waals surface area contributed by atoms with Crippen molar-refractivity contribution < 1.29 is 4.74 Å². The lowest BCUT2D eigenvalue weighted by Gasteiger charge is -2.21. The van der Waals surface area contributed by atoms with Crippen molar-refractivity contribution in [3.63, 3.8) is 0 Å². The van der Waals surface area contributed by atoms with Gasteiger partial charge in [0.1, 0.15) is 12.4 Å². The second kappa shape index (κ2) is 5.61. The van der Waals surface area contributed by atoms with E-state index in [1.807, 2.05) is 24.3 Å². The number of ether oxygens (including phenoxy) is 1. The molecule has 0 unspecified atom stereocenters. The summed E-state index contributed by atoms with van der Waals surface area (Å²) in [5.41, 5.74) is 6.46. The number of likely N-dealkylation sites (N-methyl/N-ethyl adjacent to an activating group) is 1. The second-order valence-electron chi connectivity index (χ2n) is 3.96. The number of rotatable bonds is 5. The van der Waals surface area contributed by atoms with Gasteiger partial charge in [0, 0.05) is 12.6 Å². The molecule has 0 heterocycles. The Hall–Kier alpha value is -1.22. The van der Waals surface area contributed by atoms with Gasteiger partial charge in [0.15, 0.2) is 0 Å². The van der Waals surface area contributed by atoms with E-state index in [1.54, 1.807) is 0 Å². The van der Waals surface area contributed by atoms with Crippen molar-refractivity contribution in [2.45, 2.75) is 19.9 Å². The van der Waals surface area contributed by atoms with Crippen LogP contribution < -0.4 is 10.5 Å². The molecule has 15 heavy (non-hydrogen) atoms. The molecule has 1 rings (SSSR count). The van der Waals surface area contributed by atoms with Crippen LogP contribution in [0.5, 0.6) is 5.75 Å². The van der Waals surface area contributed by atoms with Gasteiger partial charge >= 0.3 is 0 Å². The molecule has 0 aromatic heterocycles. The Labute approximate surface area is 91.8 Å². The van der Waals surface area contributed by atoms with Crippen LogP contribution in [0.1, 0.15) is 13.8 Å². The smallest absolute Gasteiger partial charge is 0.142 e. The summed E-state index contributed by atoms with van der Waals surface area (Å²) in [5.74, 6) is 0.773. The first-order valence-electron chi connectivity index (χ1n) is 5.29. The molecular weight excluding hydrogens is 188 g/mol. The normalized spacial score (nSPS) is 11.0. The molecule has 0 amide bonds. The molecule has 0 fully saturated rings. The number of benzene rings is 1. The van der Waals surface area contributed by atoms with E-state index in [2.05, 4.69) is 25.8 Å². The number of hydrogen-bond donors (Lipinski definition) is 1. The molecule has 0 aliphatic heterocycles. The topological polar surface area (TPSA) is 38.5 Å². The molecule has 84 valence electrons. The fourth-order valence-electron chi connectivity index (χ4n) is 1.17. The average Bonchev–Trinajstić information content (AvgIpc) is 2.20. The minimum absolute atomic E-state index is 0.543. The molecule has 1 aromatic carbocycles. The van der Waals surface area contributed by atoms with E-state index in [4.69, 9.17) is 10.5 Å². The maximum Gasteiger partial charge on any atom is 0.142 e. The fraction of sp³-hybridized carbons (Fsp3) is 0.500. The lowest BCUT2D eigenvalue weighted by molar-refractivity contribution is 0.209. The van der Waals surface area contributed by atoms with E-state index in [-0.39, 0.29) is 0 Å². The lowest BCUT2D eigenvalue weighted by atomic mass is 10.3. The molecule has 0 spiro atoms. The third-order valence-electron chi connectivity index (χ3n) is 2.50. The molecule has 0 bridgehead atoms. The summed E-state index contributed by atoms with van der Waals surface area (Å²) in [5, 5.41) is 0. The quantitative estimate of drug-likeness (QED) is 0.752. The number of nitrogens with two attached hydrogens (primary N) is 1. The Kier molecular flexibility index (Phi) is 4.43. The van der Waals surface area contributed by atoms with Gasteiger partial charge in [-0.3, -0.25) is 0 Å². The molecule has 0 atom stereocenters. The number of anilines is 1. The summed E-state index contributed by atoms with van der Waals surface area (Å²) in [4.78, 5) is 2.24. The zero-order valence-electron chi connectivity index (χ0n) is 9.73. The first-order valence-corrected chi connectivity index (χ1v) is 5.29. The van der Waals surface area contributed by atoms with Crippen molar-refractivity contribution in [2.75, 3.05) is 25.9 Å². The monoisotopic (exact) mass is 208 g/mol. The van der Waals surface area contributed by atoms with Gasteiger partial charge in [0.05, 0.1) is 5.69 Å². The Morgan fingerprint density at radius 3 is 2.60 bits per heavy atom. The zero-order valence-corrected chi connectivity index (χ0v) is 9.73. The Bertz CT molecular complexity index is 299. The predicted octanol–water partition coefficient (Wildman–Crippen LogP) is 1.99. The van der Waals surface area contributed by atoms with Crippen molar-refractivity contribution in [3.05, 3.63) is 24.3 Å². The minimum Gasteiger partial charge on any atom is -0.490 e. The highest BCUT2D eigenvalue weighted by Crippen LogP contribution is 2.19. The van der Waals surface area contributed by atoms with Crippen molar-refractivity contribution in [2.24, 2.45) is 0 Å². The van der Waals surface area contributed by atoms with Crippen LogP contribution in [-0.4, -0.2) is 31.1 Å². The van der Waals surface area contributed by atoms with Crippen LogP contribution in [0.25, 0.3) is 0 Å². The zero-order chi connectivity index (χ0) is 11.3. The third-order valence-corrected chi connectivity index (χ3v) is 2.50. The molecule has 0 aliphatic rings. The first kappa shape index (κ1) is 11.9. The van der Waals surface area contributed by atoms with Gasteiger partial charge in [-0.15, -0.1) is 0 Å². The summed E-state index contributed by atoms with van der Waals surface area (Å²) in [6, 6.07) is 8.12. The maximum atomic E-state index is 5.76.